The maximum absolute atomic E-state index is 11.9. The summed E-state index contributed by atoms with van der Waals surface area (Å²) < 4.78 is 28.1. The molecule has 1 aliphatic carbocycles. The maximum Gasteiger partial charge on any atom is 0.387 e. The van der Waals surface area contributed by atoms with Crippen molar-refractivity contribution in [2.45, 2.75) is 32.9 Å². The SMILES string of the molecule is CC1(CNCc2ccc(OC(F)F)cc2)CC1. The first kappa shape index (κ1) is 12.3. The zero-order valence-corrected chi connectivity index (χ0v) is 9.88. The second-order valence-corrected chi connectivity index (χ2v) is 4.94. The van der Waals surface area contributed by atoms with Crippen molar-refractivity contribution in [1.82, 2.24) is 5.32 Å². The second-order valence-electron chi connectivity index (χ2n) is 4.94. The van der Waals surface area contributed by atoms with Gasteiger partial charge in [0.1, 0.15) is 5.75 Å². The van der Waals surface area contributed by atoms with Crippen LogP contribution >= 0.6 is 0 Å². The van der Waals surface area contributed by atoms with Gasteiger partial charge in [-0.1, -0.05) is 19.1 Å². The van der Waals surface area contributed by atoms with Crippen LogP contribution in [0.5, 0.6) is 5.75 Å². The minimum atomic E-state index is -2.76. The number of halogens is 2. The average molecular weight is 241 g/mol. The highest BCUT2D eigenvalue weighted by Gasteiger charge is 2.36. The van der Waals surface area contributed by atoms with Crippen LogP contribution in [0.3, 0.4) is 0 Å². The van der Waals surface area contributed by atoms with Gasteiger partial charge in [0.15, 0.2) is 0 Å². The lowest BCUT2D eigenvalue weighted by molar-refractivity contribution is -0.0498. The lowest BCUT2D eigenvalue weighted by atomic mass is 10.1. The summed E-state index contributed by atoms with van der Waals surface area (Å²) in [5.74, 6) is 0.206. The van der Waals surface area contributed by atoms with Crippen molar-refractivity contribution in [1.29, 1.82) is 0 Å². The monoisotopic (exact) mass is 241 g/mol. The van der Waals surface area contributed by atoms with E-state index in [1.807, 2.05) is 0 Å². The van der Waals surface area contributed by atoms with Gasteiger partial charge in [-0.25, -0.2) is 0 Å². The number of nitrogens with one attached hydrogen (secondary N) is 1. The molecular formula is C13H17F2NO. The van der Waals surface area contributed by atoms with Gasteiger partial charge in [0.2, 0.25) is 0 Å². The van der Waals surface area contributed by atoms with Crippen LogP contribution in [0, 0.1) is 5.41 Å². The Bertz CT molecular complexity index is 360. The molecule has 0 bridgehead atoms. The molecule has 0 aliphatic heterocycles. The van der Waals surface area contributed by atoms with E-state index < -0.39 is 6.61 Å². The Morgan fingerprint density at radius 3 is 2.47 bits per heavy atom. The second kappa shape index (κ2) is 5.00. The molecule has 1 saturated carbocycles. The van der Waals surface area contributed by atoms with Gasteiger partial charge >= 0.3 is 6.61 Å². The molecule has 1 aromatic rings. The van der Waals surface area contributed by atoms with Crippen LogP contribution in [-0.4, -0.2) is 13.2 Å². The molecule has 0 amide bonds. The Labute approximate surface area is 100.0 Å². The van der Waals surface area contributed by atoms with Crippen LogP contribution in [0.2, 0.25) is 0 Å². The van der Waals surface area contributed by atoms with Gasteiger partial charge in [0.25, 0.3) is 0 Å². The lowest BCUT2D eigenvalue weighted by Gasteiger charge is -2.10. The summed E-state index contributed by atoms with van der Waals surface area (Å²) in [5, 5.41) is 3.38. The molecule has 94 valence electrons. The van der Waals surface area contributed by atoms with E-state index in [0.29, 0.717) is 5.41 Å². The standard InChI is InChI=1S/C13H17F2NO/c1-13(6-7-13)9-16-8-10-2-4-11(5-3-10)17-12(14)15/h2-5,12,16H,6-9H2,1H3. The highest BCUT2D eigenvalue weighted by atomic mass is 19.3. The molecule has 1 N–H and O–H groups in total. The molecule has 1 aliphatic rings. The van der Waals surface area contributed by atoms with Gasteiger partial charge in [-0.2, -0.15) is 8.78 Å². The van der Waals surface area contributed by atoms with Crippen molar-refractivity contribution >= 4 is 0 Å². The third-order valence-electron chi connectivity index (χ3n) is 3.13. The Morgan fingerprint density at radius 1 is 1.29 bits per heavy atom. The van der Waals surface area contributed by atoms with E-state index in [9.17, 15) is 8.78 Å². The van der Waals surface area contributed by atoms with E-state index in [1.165, 1.54) is 12.8 Å². The summed E-state index contributed by atoms with van der Waals surface area (Å²) >= 11 is 0. The number of hydrogen-bond donors (Lipinski definition) is 1. The maximum atomic E-state index is 11.9. The van der Waals surface area contributed by atoms with E-state index in [4.69, 9.17) is 0 Å². The minimum Gasteiger partial charge on any atom is -0.435 e. The summed E-state index contributed by atoms with van der Waals surface area (Å²) in [5.41, 5.74) is 1.56. The first-order valence-electron chi connectivity index (χ1n) is 5.82. The van der Waals surface area contributed by atoms with Crippen LogP contribution in [0.1, 0.15) is 25.3 Å². The molecule has 2 nitrogen and oxygen atoms in total. The van der Waals surface area contributed by atoms with Crippen LogP contribution in [0.4, 0.5) is 8.78 Å². The first-order chi connectivity index (χ1) is 8.07. The molecule has 0 atom stereocenters. The van der Waals surface area contributed by atoms with Gasteiger partial charge in [-0.3, -0.25) is 0 Å². The quantitative estimate of drug-likeness (QED) is 0.826. The minimum absolute atomic E-state index is 0.206. The van der Waals surface area contributed by atoms with E-state index in [-0.39, 0.29) is 5.75 Å². The van der Waals surface area contributed by atoms with Crippen LogP contribution < -0.4 is 10.1 Å². The van der Waals surface area contributed by atoms with Crippen LogP contribution in [0.15, 0.2) is 24.3 Å². The van der Waals surface area contributed by atoms with Crippen molar-refractivity contribution < 1.29 is 13.5 Å². The van der Waals surface area contributed by atoms with Gasteiger partial charge in [-0.15, -0.1) is 0 Å². The fourth-order valence-corrected chi connectivity index (χ4v) is 1.69. The Morgan fingerprint density at radius 2 is 1.94 bits per heavy atom. The molecular weight excluding hydrogens is 224 g/mol. The molecule has 0 radical (unpaired) electrons. The molecule has 0 saturated heterocycles. The number of benzene rings is 1. The highest BCUT2D eigenvalue weighted by molar-refractivity contribution is 5.27. The summed E-state index contributed by atoms with van der Waals surface area (Å²) in [6.07, 6.45) is 2.59. The first-order valence-corrected chi connectivity index (χ1v) is 5.82. The smallest absolute Gasteiger partial charge is 0.387 e. The molecule has 1 aromatic carbocycles. The highest BCUT2D eigenvalue weighted by Crippen LogP contribution is 2.44. The third kappa shape index (κ3) is 3.97. The average Bonchev–Trinajstić information content (AvgIpc) is 2.99. The van der Waals surface area contributed by atoms with Crippen molar-refractivity contribution in [2.24, 2.45) is 5.41 Å². The Hall–Kier alpha value is -1.16. The fourth-order valence-electron chi connectivity index (χ4n) is 1.69. The number of ether oxygens (including phenoxy) is 1. The summed E-state index contributed by atoms with van der Waals surface area (Å²) in [7, 11) is 0. The number of alkyl halides is 2. The van der Waals surface area contributed by atoms with Crippen molar-refractivity contribution in [3.05, 3.63) is 29.8 Å². The number of hydrogen-bond acceptors (Lipinski definition) is 2. The zero-order valence-electron chi connectivity index (χ0n) is 9.88. The van der Waals surface area contributed by atoms with Gasteiger partial charge < -0.3 is 10.1 Å². The van der Waals surface area contributed by atoms with Crippen LogP contribution in [-0.2, 0) is 6.54 Å². The van der Waals surface area contributed by atoms with E-state index in [2.05, 4.69) is 17.0 Å². The molecule has 0 spiro atoms. The predicted molar refractivity (Wildman–Crippen MR) is 62.1 cm³/mol. The van der Waals surface area contributed by atoms with Crippen LogP contribution in [0.25, 0.3) is 0 Å². The summed E-state index contributed by atoms with van der Waals surface area (Å²) in [4.78, 5) is 0. The fraction of sp³-hybridized carbons (Fsp3) is 0.538. The molecule has 1 fully saturated rings. The van der Waals surface area contributed by atoms with Crippen molar-refractivity contribution in [3.63, 3.8) is 0 Å². The van der Waals surface area contributed by atoms with Gasteiger partial charge in [-0.05, 0) is 36.0 Å². The normalized spacial score (nSPS) is 17.2. The summed E-state index contributed by atoms with van der Waals surface area (Å²) in [6, 6.07) is 6.75. The van der Waals surface area contributed by atoms with Gasteiger partial charge in [0, 0.05) is 13.1 Å². The lowest BCUT2D eigenvalue weighted by Crippen LogP contribution is -2.21. The Balaban J connectivity index is 1.77. The third-order valence-corrected chi connectivity index (χ3v) is 3.13. The largest absolute Gasteiger partial charge is 0.435 e. The summed E-state index contributed by atoms with van der Waals surface area (Å²) in [6.45, 7) is 1.29. The molecule has 0 heterocycles. The van der Waals surface area contributed by atoms with Gasteiger partial charge in [0.05, 0.1) is 0 Å². The molecule has 2 rings (SSSR count). The predicted octanol–water partition coefficient (Wildman–Crippen LogP) is 3.18. The topological polar surface area (TPSA) is 21.3 Å². The zero-order chi connectivity index (χ0) is 12.3. The molecule has 17 heavy (non-hydrogen) atoms. The Kier molecular flexibility index (Phi) is 3.62. The van der Waals surface area contributed by atoms with Crippen molar-refractivity contribution in [2.75, 3.05) is 6.54 Å². The van der Waals surface area contributed by atoms with Crippen molar-refractivity contribution in [3.8, 4) is 5.75 Å². The molecule has 0 unspecified atom stereocenters. The van der Waals surface area contributed by atoms with E-state index >= 15 is 0 Å². The number of rotatable bonds is 6. The molecule has 0 aromatic heterocycles. The van der Waals surface area contributed by atoms with E-state index in [1.54, 1.807) is 24.3 Å². The van der Waals surface area contributed by atoms with E-state index in [0.717, 1.165) is 18.7 Å². The molecule has 4 heteroatoms.